The average Bonchev–Trinajstić information content (AvgIpc) is 2.71. The molecule has 0 fully saturated rings. The Hall–Kier alpha value is -1.81. The number of hydrogen-bond acceptors (Lipinski definition) is 2. The van der Waals surface area contributed by atoms with Gasteiger partial charge in [0.2, 0.25) is 0 Å². The van der Waals surface area contributed by atoms with Crippen LogP contribution < -0.4 is 5.73 Å². The smallest absolute Gasteiger partial charge is 0.320 e. The van der Waals surface area contributed by atoms with Gasteiger partial charge in [-0.1, -0.05) is 18.2 Å². The standard InChI is InChI=1S/C11H12N2O2/c12-9(11(14)15)5-7-6-13-10-4-2-1-3-8(7)10/h1-4,6,9,13H,5,12H2,(H,14,15)/t9-/m1/s1/i5D,9D,11+1/t5-,9-. The van der Waals surface area contributed by atoms with Crippen molar-refractivity contribution in [1.29, 1.82) is 0 Å². The Labute approximate surface area is 89.5 Å². The summed E-state index contributed by atoms with van der Waals surface area (Å²) in [6.07, 6.45) is 0.178. The minimum atomic E-state index is -2.36. The number of carboxylic acid groups (broad SMARTS) is 1. The number of H-pyrrole nitrogens is 1. The van der Waals surface area contributed by atoms with Crippen molar-refractivity contribution in [2.75, 3.05) is 0 Å². The molecule has 0 aliphatic carbocycles. The Bertz CT molecular complexity index is 565. The summed E-state index contributed by atoms with van der Waals surface area (Å²) in [5, 5.41) is 9.56. The molecule has 78 valence electrons. The normalized spacial score (nSPS) is 19.0. The molecule has 4 heteroatoms. The lowest BCUT2D eigenvalue weighted by atomic mass is 10.1. The van der Waals surface area contributed by atoms with Crippen LogP contribution >= 0.6 is 0 Å². The van der Waals surface area contributed by atoms with E-state index in [0.29, 0.717) is 5.56 Å². The van der Waals surface area contributed by atoms with E-state index < -0.39 is 18.4 Å². The molecule has 15 heavy (non-hydrogen) atoms. The van der Waals surface area contributed by atoms with E-state index in [-0.39, 0.29) is 0 Å². The number of hydrogen-bond donors (Lipinski definition) is 3. The number of carboxylic acids is 1. The zero-order valence-electron chi connectivity index (χ0n) is 9.90. The number of nitrogens with one attached hydrogen (secondary N) is 1. The van der Waals surface area contributed by atoms with Crippen molar-refractivity contribution in [3.05, 3.63) is 36.0 Å². The van der Waals surface area contributed by atoms with Crippen LogP contribution in [0.5, 0.6) is 0 Å². The first-order chi connectivity index (χ1) is 7.94. The summed E-state index contributed by atoms with van der Waals surface area (Å²) in [7, 11) is 0. The van der Waals surface area contributed by atoms with Gasteiger partial charge in [0.1, 0.15) is 6.02 Å². The Morgan fingerprint density at radius 2 is 2.40 bits per heavy atom. The maximum atomic E-state index is 10.9. The predicted molar refractivity (Wildman–Crippen MR) is 57.6 cm³/mol. The highest BCUT2D eigenvalue weighted by molar-refractivity contribution is 5.84. The van der Waals surface area contributed by atoms with E-state index in [1.54, 1.807) is 12.1 Å². The van der Waals surface area contributed by atoms with E-state index in [1.165, 1.54) is 6.20 Å². The maximum Gasteiger partial charge on any atom is 0.320 e. The van der Waals surface area contributed by atoms with Crippen LogP contribution in [0.1, 0.15) is 8.30 Å². The molecular weight excluding hydrogens is 193 g/mol. The molecule has 0 bridgehead atoms. The highest BCUT2D eigenvalue weighted by Crippen LogP contribution is 2.18. The van der Waals surface area contributed by atoms with Crippen molar-refractivity contribution < 1.29 is 12.6 Å². The van der Waals surface area contributed by atoms with Gasteiger partial charge >= 0.3 is 5.97 Å². The highest BCUT2D eigenvalue weighted by atomic mass is 16.5. The molecule has 0 radical (unpaired) electrons. The molecule has 0 unspecified atom stereocenters. The van der Waals surface area contributed by atoms with Crippen molar-refractivity contribution in [3.63, 3.8) is 0 Å². The van der Waals surface area contributed by atoms with E-state index >= 15 is 0 Å². The van der Waals surface area contributed by atoms with Crippen molar-refractivity contribution in [3.8, 4) is 0 Å². The molecule has 0 aliphatic heterocycles. The summed E-state index contributed by atoms with van der Waals surface area (Å²) >= 11 is 0. The highest BCUT2D eigenvalue weighted by Gasteiger charge is 2.14. The van der Waals surface area contributed by atoms with Gasteiger partial charge in [0.25, 0.3) is 0 Å². The Balaban J connectivity index is 2.50. The second kappa shape index (κ2) is 3.74. The van der Waals surface area contributed by atoms with Crippen LogP contribution in [0.25, 0.3) is 10.9 Å². The third-order valence-corrected chi connectivity index (χ3v) is 2.18. The van der Waals surface area contributed by atoms with Gasteiger partial charge in [0.15, 0.2) is 0 Å². The summed E-state index contributed by atoms with van der Waals surface area (Å²) in [5.74, 6) is -1.51. The number of carbonyl (C=O) groups is 1. The zero-order chi connectivity index (χ0) is 12.6. The van der Waals surface area contributed by atoms with E-state index in [2.05, 4.69) is 4.98 Å². The molecule has 0 saturated heterocycles. The van der Waals surface area contributed by atoms with Crippen LogP contribution in [-0.4, -0.2) is 22.1 Å². The molecule has 0 spiro atoms. The minimum absolute atomic E-state index is 0.417. The van der Waals surface area contributed by atoms with Gasteiger partial charge in [0.05, 0.1) is 1.37 Å². The molecule has 2 atom stereocenters. The van der Waals surface area contributed by atoms with Crippen LogP contribution in [0.3, 0.4) is 0 Å². The molecule has 0 aliphatic rings. The van der Waals surface area contributed by atoms with Crippen LogP contribution in [0.4, 0.5) is 0 Å². The number of para-hydroxylation sites is 1. The van der Waals surface area contributed by atoms with Crippen molar-refractivity contribution in [2.45, 2.75) is 12.4 Å². The van der Waals surface area contributed by atoms with Gasteiger partial charge in [-0.15, -0.1) is 0 Å². The van der Waals surface area contributed by atoms with E-state index in [0.717, 1.165) is 10.9 Å². The lowest BCUT2D eigenvalue weighted by molar-refractivity contribution is -0.138. The molecule has 0 saturated carbocycles. The Kier molecular flexibility index (Phi) is 1.87. The quantitative estimate of drug-likeness (QED) is 0.660. The van der Waals surface area contributed by atoms with Crippen molar-refractivity contribution in [1.82, 2.24) is 4.98 Å². The minimum Gasteiger partial charge on any atom is -0.480 e. The fourth-order valence-electron chi connectivity index (χ4n) is 1.44. The lowest BCUT2D eigenvalue weighted by Crippen LogP contribution is -2.32. The van der Waals surface area contributed by atoms with E-state index in [1.807, 2.05) is 12.1 Å². The monoisotopic (exact) mass is 207 g/mol. The molecule has 2 aromatic rings. The number of rotatable bonds is 3. The van der Waals surface area contributed by atoms with Crippen LogP contribution in [0, 0.1) is 0 Å². The summed E-state index contributed by atoms with van der Waals surface area (Å²) in [6, 6.07) is 4.84. The van der Waals surface area contributed by atoms with Gasteiger partial charge in [-0.2, -0.15) is 0 Å². The van der Waals surface area contributed by atoms with Crippen LogP contribution in [0.15, 0.2) is 30.5 Å². The predicted octanol–water partition coefficient (Wildman–Crippen LogP) is 1.12. The van der Waals surface area contributed by atoms with Crippen LogP contribution in [0.2, 0.25) is 0 Å². The first-order valence-corrected chi connectivity index (χ1v) is 4.45. The zero-order valence-corrected chi connectivity index (χ0v) is 7.90. The Morgan fingerprint density at radius 1 is 1.67 bits per heavy atom. The topological polar surface area (TPSA) is 79.1 Å². The van der Waals surface area contributed by atoms with Gasteiger partial charge in [-0.3, -0.25) is 4.79 Å². The molecule has 0 amide bonds. The first kappa shape index (κ1) is 7.48. The molecule has 4 nitrogen and oxygen atoms in total. The molecule has 4 N–H and O–H groups in total. The number of benzene rings is 1. The molecule has 1 aromatic heterocycles. The summed E-state index contributed by atoms with van der Waals surface area (Å²) in [5.41, 5.74) is 6.56. The van der Waals surface area contributed by atoms with Gasteiger partial charge in [0, 0.05) is 24.9 Å². The lowest BCUT2D eigenvalue weighted by Gasteiger charge is -2.04. The fourth-order valence-corrected chi connectivity index (χ4v) is 1.44. The molecule has 1 heterocycles. The van der Waals surface area contributed by atoms with Gasteiger partial charge in [-0.05, 0) is 11.6 Å². The van der Waals surface area contributed by atoms with Crippen LogP contribution in [-0.2, 0) is 11.2 Å². The number of aliphatic carboxylic acids is 1. The molecule has 2 rings (SSSR count). The summed E-state index contributed by atoms with van der Waals surface area (Å²) in [6.45, 7) is 0. The number of fused-ring (bicyclic) bond motifs is 1. The second-order valence-electron chi connectivity index (χ2n) is 3.19. The molecule has 1 aromatic carbocycles. The SMILES string of the molecule is [2H][C@H](c1c[nH]c2ccccc12)[C@@]([2H])(N)[13C](=O)O. The summed E-state index contributed by atoms with van der Waals surface area (Å²) in [4.78, 5) is 13.8. The third kappa shape index (κ3) is 1.85. The summed E-state index contributed by atoms with van der Waals surface area (Å²) < 4.78 is 15.3. The van der Waals surface area contributed by atoms with Gasteiger partial charge in [-0.25, -0.2) is 0 Å². The van der Waals surface area contributed by atoms with Crippen molar-refractivity contribution in [2.24, 2.45) is 5.73 Å². The largest absolute Gasteiger partial charge is 0.480 e. The van der Waals surface area contributed by atoms with Gasteiger partial charge < -0.3 is 15.8 Å². The fraction of sp³-hybridized carbons (Fsp3) is 0.182. The second-order valence-corrected chi connectivity index (χ2v) is 3.19. The van der Waals surface area contributed by atoms with Crippen molar-refractivity contribution >= 4 is 16.9 Å². The number of aromatic amines is 1. The van der Waals surface area contributed by atoms with E-state index in [9.17, 15) is 4.79 Å². The molecular formula is C11H12N2O2. The average molecular weight is 207 g/mol. The number of aromatic nitrogens is 1. The maximum absolute atomic E-state index is 10.9. The number of nitrogens with two attached hydrogens (primary N) is 1. The third-order valence-electron chi connectivity index (χ3n) is 2.18. The Morgan fingerprint density at radius 3 is 3.13 bits per heavy atom. The first-order valence-electron chi connectivity index (χ1n) is 5.53. The van der Waals surface area contributed by atoms with E-state index in [4.69, 9.17) is 13.6 Å².